The maximum absolute atomic E-state index is 12.5. The van der Waals surface area contributed by atoms with Gasteiger partial charge in [-0.1, -0.05) is 0 Å². The molecule has 0 saturated carbocycles. The monoisotopic (exact) mass is 753 g/mol. The quantitative estimate of drug-likeness (QED) is 0.203. The van der Waals surface area contributed by atoms with Gasteiger partial charge >= 0.3 is 0 Å². The van der Waals surface area contributed by atoms with Gasteiger partial charge in [-0.05, 0) is 88.3 Å². The molecule has 2 fully saturated rings. The van der Waals surface area contributed by atoms with Crippen molar-refractivity contribution in [1.82, 2.24) is 39.2 Å². The largest absolute Gasteiger partial charge is 0.497 e. The number of aromatic nitrogens is 5. The van der Waals surface area contributed by atoms with Crippen molar-refractivity contribution in [3.8, 4) is 23.1 Å². The summed E-state index contributed by atoms with van der Waals surface area (Å²) in [5, 5.41) is 3.62. The van der Waals surface area contributed by atoms with Gasteiger partial charge in [0.25, 0.3) is 17.0 Å². The number of nitrogens with zero attached hydrogens (tertiary/aromatic N) is 7. The molecule has 5 aromatic rings. The molecule has 15 nitrogen and oxygen atoms in total. The molecule has 0 atom stereocenters. The van der Waals surface area contributed by atoms with E-state index < -0.39 is 0 Å². The van der Waals surface area contributed by atoms with E-state index in [9.17, 15) is 9.59 Å². The van der Waals surface area contributed by atoms with Gasteiger partial charge in [-0.15, -0.1) is 0 Å². The molecule has 15 heteroatoms. The highest BCUT2D eigenvalue weighted by atomic mass is 16.6. The molecule has 0 bridgehead atoms. The predicted molar refractivity (Wildman–Crippen MR) is 210 cm³/mol. The van der Waals surface area contributed by atoms with E-state index in [1.165, 1.54) is 12.4 Å². The molecule has 3 aliphatic heterocycles. The zero-order valence-electron chi connectivity index (χ0n) is 31.7. The standard InChI is InChI=1S/C24H29N5O4.C16H22N4O2/c1-31-19-3-4-20-21(14-19)29(23(30)16-26-20)11-10-28-8-6-17(7-9-28)25-15-18-2-5-22-24(27-18)33-13-12-32-22;1-22-13-2-3-14-15(10-13)20(16(21)11-18-14)9-8-19-6-4-12(17)5-7-19/h2-5,14,16-17,25H,6-13,15H2,1H3;2-3,10-12H,4-9,17H2,1H3. The van der Waals surface area contributed by atoms with E-state index in [-0.39, 0.29) is 11.1 Å². The number of benzene rings is 2. The minimum atomic E-state index is -0.0840. The van der Waals surface area contributed by atoms with Crippen LogP contribution in [0.5, 0.6) is 23.1 Å². The summed E-state index contributed by atoms with van der Waals surface area (Å²) in [7, 11) is 3.25. The fourth-order valence-electron chi connectivity index (χ4n) is 7.34. The van der Waals surface area contributed by atoms with Crippen LogP contribution in [-0.2, 0) is 19.6 Å². The summed E-state index contributed by atoms with van der Waals surface area (Å²) in [6, 6.07) is 15.9. The Morgan fingerprint density at radius 1 is 0.727 bits per heavy atom. The van der Waals surface area contributed by atoms with Crippen LogP contribution in [0.3, 0.4) is 0 Å². The molecule has 8 rings (SSSR count). The van der Waals surface area contributed by atoms with Crippen molar-refractivity contribution < 1.29 is 18.9 Å². The minimum absolute atomic E-state index is 0.0746. The molecule has 0 aliphatic carbocycles. The van der Waals surface area contributed by atoms with E-state index in [2.05, 4.69) is 30.1 Å². The number of hydrogen-bond acceptors (Lipinski definition) is 13. The number of likely N-dealkylation sites (tertiary alicyclic amines) is 2. The number of pyridine rings is 1. The number of hydrogen-bond donors (Lipinski definition) is 2. The lowest BCUT2D eigenvalue weighted by Crippen LogP contribution is -2.43. The molecule has 55 heavy (non-hydrogen) atoms. The zero-order valence-corrected chi connectivity index (χ0v) is 31.7. The van der Waals surface area contributed by atoms with Crippen molar-refractivity contribution >= 4 is 22.1 Å². The Hall–Kier alpha value is -5.09. The summed E-state index contributed by atoms with van der Waals surface area (Å²) >= 11 is 0. The maximum Gasteiger partial charge on any atom is 0.269 e. The smallest absolute Gasteiger partial charge is 0.269 e. The third kappa shape index (κ3) is 9.60. The number of methoxy groups -OCH3 is 2. The Labute approximate surface area is 320 Å². The molecule has 2 saturated heterocycles. The first-order chi connectivity index (χ1) is 26.9. The van der Waals surface area contributed by atoms with Gasteiger partial charge in [0.2, 0.25) is 0 Å². The Kier molecular flexibility index (Phi) is 12.5. The topological polar surface area (TPSA) is 164 Å². The van der Waals surface area contributed by atoms with E-state index in [1.54, 1.807) is 23.4 Å². The highest BCUT2D eigenvalue weighted by Gasteiger charge is 2.21. The summed E-state index contributed by atoms with van der Waals surface area (Å²) < 4.78 is 25.3. The third-order valence-corrected chi connectivity index (χ3v) is 10.6. The first-order valence-electron chi connectivity index (χ1n) is 19.1. The molecular formula is C40H51N9O6. The van der Waals surface area contributed by atoms with Crippen molar-refractivity contribution in [3.05, 3.63) is 87.3 Å². The maximum atomic E-state index is 12.5. The molecular weight excluding hydrogens is 702 g/mol. The van der Waals surface area contributed by atoms with Crippen molar-refractivity contribution in [1.29, 1.82) is 0 Å². The Bertz CT molecular complexity index is 2180. The molecule has 292 valence electrons. The van der Waals surface area contributed by atoms with E-state index in [0.717, 1.165) is 110 Å². The van der Waals surface area contributed by atoms with Crippen LogP contribution in [0.4, 0.5) is 0 Å². The van der Waals surface area contributed by atoms with Crippen LogP contribution in [0.1, 0.15) is 31.4 Å². The average molecular weight is 754 g/mol. The lowest BCUT2D eigenvalue weighted by molar-refractivity contribution is 0.163. The number of fused-ring (bicyclic) bond motifs is 3. The van der Waals surface area contributed by atoms with Crippen LogP contribution in [-0.4, -0.2) is 113 Å². The summed E-state index contributed by atoms with van der Waals surface area (Å²) in [5.74, 6) is 2.77. The van der Waals surface area contributed by atoms with Crippen molar-refractivity contribution in [2.45, 2.75) is 57.4 Å². The van der Waals surface area contributed by atoms with E-state index >= 15 is 0 Å². The summed E-state index contributed by atoms with van der Waals surface area (Å²) in [5.41, 5.74) is 9.97. The van der Waals surface area contributed by atoms with Crippen LogP contribution in [0.15, 0.2) is 70.5 Å². The summed E-state index contributed by atoms with van der Waals surface area (Å²) in [6.45, 7) is 8.78. The first-order valence-corrected chi connectivity index (χ1v) is 19.1. The molecule has 0 unspecified atom stereocenters. The predicted octanol–water partition coefficient (Wildman–Crippen LogP) is 2.65. The molecule has 3 aromatic heterocycles. The minimum Gasteiger partial charge on any atom is -0.497 e. The van der Waals surface area contributed by atoms with Crippen LogP contribution < -0.4 is 41.1 Å². The van der Waals surface area contributed by atoms with Crippen LogP contribution in [0.25, 0.3) is 22.1 Å². The molecule has 0 amide bonds. The zero-order chi connectivity index (χ0) is 38.1. The average Bonchev–Trinajstić information content (AvgIpc) is 3.23. The normalized spacial score (nSPS) is 16.9. The number of piperidine rings is 2. The van der Waals surface area contributed by atoms with E-state index in [4.69, 9.17) is 24.7 Å². The fourth-order valence-corrected chi connectivity index (χ4v) is 7.34. The second-order valence-corrected chi connectivity index (χ2v) is 14.2. The third-order valence-electron chi connectivity index (χ3n) is 10.6. The van der Waals surface area contributed by atoms with Crippen LogP contribution in [0, 0.1) is 0 Å². The molecule has 2 aromatic carbocycles. The SMILES string of the molecule is COc1ccc2ncc(=O)n(CCN3CCC(N)CC3)c2c1.COc1ccc2ncc(=O)n(CCN3CCC(NCc4ccc5c(n4)OCCO5)CC3)c2c1. The second-order valence-electron chi connectivity index (χ2n) is 14.2. The summed E-state index contributed by atoms with van der Waals surface area (Å²) in [6.07, 6.45) is 6.96. The Balaban J connectivity index is 0.000000184. The first kappa shape index (κ1) is 38.2. The van der Waals surface area contributed by atoms with Crippen LogP contribution in [0.2, 0.25) is 0 Å². The molecule has 3 aliphatic rings. The molecule has 6 heterocycles. The second kappa shape index (κ2) is 18.0. The van der Waals surface area contributed by atoms with Crippen molar-refractivity contribution in [3.63, 3.8) is 0 Å². The lowest BCUT2D eigenvalue weighted by atomic mass is 10.0. The lowest BCUT2D eigenvalue weighted by Gasteiger charge is -2.32. The number of nitrogens with two attached hydrogens (primary N) is 1. The van der Waals surface area contributed by atoms with E-state index in [0.29, 0.717) is 50.8 Å². The molecule has 3 N–H and O–H groups in total. The number of ether oxygens (including phenoxy) is 4. The van der Waals surface area contributed by atoms with Crippen molar-refractivity contribution in [2.75, 3.05) is 66.7 Å². The van der Waals surface area contributed by atoms with Gasteiger partial charge in [-0.3, -0.25) is 9.59 Å². The summed E-state index contributed by atoms with van der Waals surface area (Å²) in [4.78, 5) is 42.5. The number of rotatable bonds is 11. The Morgan fingerprint density at radius 2 is 1.27 bits per heavy atom. The van der Waals surface area contributed by atoms with Gasteiger partial charge in [-0.25, -0.2) is 15.0 Å². The molecule has 0 radical (unpaired) electrons. The van der Waals surface area contributed by atoms with E-state index in [1.807, 2.05) is 48.5 Å². The van der Waals surface area contributed by atoms with Gasteiger partial charge in [0.15, 0.2) is 5.75 Å². The van der Waals surface area contributed by atoms with Crippen molar-refractivity contribution in [2.24, 2.45) is 5.73 Å². The van der Waals surface area contributed by atoms with Gasteiger partial charge < -0.3 is 48.9 Å². The fraction of sp³-hybridized carbons (Fsp3) is 0.475. The number of nitrogens with one attached hydrogen (secondary N) is 1. The van der Waals surface area contributed by atoms with Gasteiger partial charge in [0.1, 0.15) is 24.7 Å². The highest BCUT2D eigenvalue weighted by molar-refractivity contribution is 5.77. The van der Waals surface area contributed by atoms with Gasteiger partial charge in [0, 0.05) is 56.9 Å². The van der Waals surface area contributed by atoms with Gasteiger partial charge in [-0.2, -0.15) is 0 Å². The Morgan fingerprint density at radius 3 is 1.84 bits per heavy atom. The van der Waals surface area contributed by atoms with Gasteiger partial charge in [0.05, 0.1) is 54.4 Å². The van der Waals surface area contributed by atoms with Crippen LogP contribution >= 0.6 is 0 Å². The highest BCUT2D eigenvalue weighted by Crippen LogP contribution is 2.27. The molecule has 0 spiro atoms.